The van der Waals surface area contributed by atoms with Crippen molar-refractivity contribution in [3.63, 3.8) is 0 Å². The molecule has 10 heteroatoms. The molecule has 1 aliphatic heterocycles. The van der Waals surface area contributed by atoms with Crippen molar-refractivity contribution >= 4 is 46.7 Å². The van der Waals surface area contributed by atoms with Crippen LogP contribution in [0.3, 0.4) is 0 Å². The molecule has 3 aromatic heterocycles. The third kappa shape index (κ3) is 8.46. The molecule has 4 aromatic rings. The number of nitrogens with two attached hydrogens (primary N) is 1. The Morgan fingerprint density at radius 2 is 1.79 bits per heavy atom. The monoisotopic (exact) mass is 581 g/mol. The molecule has 1 saturated heterocycles. The largest absolute Gasteiger partial charge is 0.399 e. The number of aryl methyl sites for hydroxylation is 2. The minimum Gasteiger partial charge on any atom is -0.399 e. The number of likely N-dealkylation sites (tertiary alicyclic amines) is 1. The number of rotatable bonds is 4. The standard InChI is InChI=1S/C18H21BrN6.C8H11N.2CH2O/c1-24-7-4-14(5-8-24)16-9-17(21-11-13-3-2-6-20-10-13)25-18(23-16)15(19)12-22-25;1-6-3-4-8(9)7(2)5-6;2*1-2/h2-3,6,9-10,12,14,21H,4-5,7-8,11H2,1H3;3-5H,9H2,1-2H3;2*1H2. The minimum absolute atomic E-state index is 0.502. The van der Waals surface area contributed by atoms with Crippen LogP contribution in [0.5, 0.6) is 0 Å². The van der Waals surface area contributed by atoms with Crippen molar-refractivity contribution in [1.82, 2.24) is 24.5 Å². The van der Waals surface area contributed by atoms with Crippen molar-refractivity contribution in [2.45, 2.75) is 39.2 Å². The highest BCUT2D eigenvalue weighted by molar-refractivity contribution is 9.10. The normalized spacial score (nSPS) is 13.3. The smallest absolute Gasteiger partial charge is 0.171 e. The van der Waals surface area contributed by atoms with E-state index in [1.165, 1.54) is 5.56 Å². The molecule has 202 valence electrons. The quantitative estimate of drug-likeness (QED) is 0.329. The van der Waals surface area contributed by atoms with Gasteiger partial charge in [-0.3, -0.25) is 4.98 Å². The Labute approximate surface area is 232 Å². The average molecular weight is 583 g/mol. The van der Waals surface area contributed by atoms with Crippen molar-refractivity contribution < 1.29 is 9.59 Å². The third-order valence-electron chi connectivity index (χ3n) is 6.21. The first kappa shape index (κ1) is 30.6. The average Bonchev–Trinajstić information content (AvgIpc) is 3.34. The number of aromatic nitrogens is 4. The van der Waals surface area contributed by atoms with Gasteiger partial charge >= 0.3 is 0 Å². The molecule has 9 nitrogen and oxygen atoms in total. The summed E-state index contributed by atoms with van der Waals surface area (Å²) in [6.45, 7) is 11.0. The lowest BCUT2D eigenvalue weighted by Crippen LogP contribution is -2.29. The molecule has 0 spiro atoms. The molecule has 0 aliphatic carbocycles. The molecule has 38 heavy (non-hydrogen) atoms. The molecule has 4 heterocycles. The number of hydrogen-bond acceptors (Lipinski definition) is 8. The Kier molecular flexibility index (Phi) is 12.5. The summed E-state index contributed by atoms with van der Waals surface area (Å²) in [5.41, 5.74) is 12.0. The van der Waals surface area contributed by atoms with E-state index in [0.717, 1.165) is 64.4 Å². The van der Waals surface area contributed by atoms with E-state index >= 15 is 0 Å². The number of nitrogen functional groups attached to an aromatic ring is 1. The lowest BCUT2D eigenvalue weighted by molar-refractivity contribution is -0.0987. The Morgan fingerprint density at radius 3 is 2.39 bits per heavy atom. The molecule has 0 atom stereocenters. The molecule has 1 fully saturated rings. The van der Waals surface area contributed by atoms with Gasteiger partial charge in [-0.05, 0) is 86.0 Å². The van der Waals surface area contributed by atoms with Gasteiger partial charge < -0.3 is 25.5 Å². The second-order valence-electron chi connectivity index (χ2n) is 8.95. The first-order chi connectivity index (χ1) is 18.4. The highest BCUT2D eigenvalue weighted by Crippen LogP contribution is 2.30. The van der Waals surface area contributed by atoms with Crippen LogP contribution in [0.1, 0.15) is 41.1 Å². The van der Waals surface area contributed by atoms with Crippen LogP contribution in [-0.4, -0.2) is 58.2 Å². The third-order valence-corrected chi connectivity index (χ3v) is 6.77. The van der Waals surface area contributed by atoms with E-state index in [2.05, 4.69) is 68.4 Å². The summed E-state index contributed by atoms with van der Waals surface area (Å²) in [5.74, 6) is 1.47. The van der Waals surface area contributed by atoms with Crippen LogP contribution in [0.25, 0.3) is 5.65 Å². The summed E-state index contributed by atoms with van der Waals surface area (Å²) < 4.78 is 2.78. The van der Waals surface area contributed by atoms with Crippen LogP contribution in [0, 0.1) is 13.8 Å². The van der Waals surface area contributed by atoms with Crippen LogP contribution >= 0.6 is 15.9 Å². The van der Waals surface area contributed by atoms with Gasteiger partial charge in [-0.1, -0.05) is 23.8 Å². The van der Waals surface area contributed by atoms with E-state index in [4.69, 9.17) is 20.3 Å². The number of benzene rings is 1. The second-order valence-corrected chi connectivity index (χ2v) is 9.80. The van der Waals surface area contributed by atoms with E-state index in [-0.39, 0.29) is 0 Å². The zero-order chi connectivity index (χ0) is 28.1. The summed E-state index contributed by atoms with van der Waals surface area (Å²) in [4.78, 5) is 27.4. The fraction of sp³-hybridized carbons (Fsp3) is 0.321. The van der Waals surface area contributed by atoms with Gasteiger partial charge in [0.2, 0.25) is 0 Å². The molecular weight excluding hydrogens is 546 g/mol. The summed E-state index contributed by atoms with van der Waals surface area (Å²) in [5, 5.41) is 7.94. The predicted octanol–water partition coefficient (Wildman–Crippen LogP) is 4.82. The highest BCUT2D eigenvalue weighted by Gasteiger charge is 2.21. The van der Waals surface area contributed by atoms with Crippen LogP contribution in [-0.2, 0) is 16.1 Å². The van der Waals surface area contributed by atoms with E-state index < -0.39 is 0 Å². The summed E-state index contributed by atoms with van der Waals surface area (Å²) >= 11 is 3.57. The van der Waals surface area contributed by atoms with Gasteiger partial charge in [0.25, 0.3) is 0 Å². The molecule has 1 aromatic carbocycles. The number of carbonyl (C=O) groups excluding carboxylic acids is 2. The van der Waals surface area contributed by atoms with Crippen LogP contribution < -0.4 is 11.1 Å². The summed E-state index contributed by atoms with van der Waals surface area (Å²) in [7, 11) is 2.18. The van der Waals surface area contributed by atoms with Gasteiger partial charge in [0.15, 0.2) is 5.65 Å². The zero-order valence-corrected chi connectivity index (χ0v) is 23.8. The van der Waals surface area contributed by atoms with E-state index in [9.17, 15) is 0 Å². The Morgan fingerprint density at radius 1 is 1.08 bits per heavy atom. The fourth-order valence-electron chi connectivity index (χ4n) is 4.12. The first-order valence-corrected chi connectivity index (χ1v) is 13.0. The molecule has 0 radical (unpaired) electrons. The van der Waals surface area contributed by atoms with Gasteiger partial charge in [0.05, 0.1) is 10.7 Å². The van der Waals surface area contributed by atoms with Gasteiger partial charge in [-0.2, -0.15) is 9.61 Å². The number of pyridine rings is 1. The van der Waals surface area contributed by atoms with Crippen molar-refractivity contribution in [2.24, 2.45) is 0 Å². The van der Waals surface area contributed by atoms with E-state index in [0.29, 0.717) is 12.5 Å². The Bertz CT molecular complexity index is 1270. The lowest BCUT2D eigenvalue weighted by atomic mass is 9.93. The molecule has 5 rings (SSSR count). The molecule has 0 saturated carbocycles. The van der Waals surface area contributed by atoms with Crippen LogP contribution in [0.2, 0.25) is 0 Å². The van der Waals surface area contributed by atoms with Crippen molar-refractivity contribution in [3.8, 4) is 0 Å². The first-order valence-electron chi connectivity index (χ1n) is 12.2. The fourth-order valence-corrected chi connectivity index (χ4v) is 4.46. The molecule has 3 N–H and O–H groups in total. The zero-order valence-electron chi connectivity index (χ0n) is 22.2. The molecule has 0 bridgehead atoms. The second kappa shape index (κ2) is 15.6. The number of hydrogen-bond donors (Lipinski definition) is 2. The molecular formula is C28H36BrN7O2. The Balaban J connectivity index is 0.000000328. The van der Waals surface area contributed by atoms with Crippen LogP contribution in [0.15, 0.2) is 59.5 Å². The number of anilines is 2. The van der Waals surface area contributed by atoms with Gasteiger partial charge in [-0.25, -0.2) is 4.98 Å². The maximum atomic E-state index is 8.00. The maximum absolute atomic E-state index is 8.00. The van der Waals surface area contributed by atoms with E-state index in [1.54, 1.807) is 12.4 Å². The van der Waals surface area contributed by atoms with E-state index in [1.807, 2.05) is 49.4 Å². The van der Waals surface area contributed by atoms with Gasteiger partial charge in [-0.15, -0.1) is 0 Å². The SMILES string of the molecule is C=O.C=O.CN1CCC(c2cc(NCc3cccnc3)n3ncc(Br)c3n2)CC1.Cc1ccc(N)c(C)c1. The minimum atomic E-state index is 0.502. The number of halogens is 1. The topological polar surface area (TPSA) is 119 Å². The molecule has 0 unspecified atom stereocenters. The van der Waals surface area contributed by atoms with Gasteiger partial charge in [0.1, 0.15) is 19.4 Å². The number of nitrogens with zero attached hydrogens (tertiary/aromatic N) is 5. The van der Waals surface area contributed by atoms with Crippen molar-refractivity contribution in [3.05, 3.63) is 81.8 Å². The number of piperidine rings is 1. The number of fused-ring (bicyclic) bond motifs is 1. The maximum Gasteiger partial charge on any atom is 0.171 e. The summed E-state index contributed by atoms with van der Waals surface area (Å²) in [6, 6.07) is 12.2. The van der Waals surface area contributed by atoms with Crippen molar-refractivity contribution in [1.29, 1.82) is 0 Å². The lowest BCUT2D eigenvalue weighted by Gasteiger charge is -2.28. The predicted molar refractivity (Wildman–Crippen MR) is 156 cm³/mol. The number of carbonyl (C=O) groups is 2. The number of nitrogens with one attached hydrogen (secondary N) is 1. The van der Waals surface area contributed by atoms with Crippen LogP contribution in [0.4, 0.5) is 11.5 Å². The summed E-state index contributed by atoms with van der Waals surface area (Å²) in [6.07, 6.45) is 7.76. The Hall–Kier alpha value is -3.63. The molecule has 1 aliphatic rings. The highest BCUT2D eigenvalue weighted by atomic mass is 79.9. The molecule has 0 amide bonds. The van der Waals surface area contributed by atoms with Gasteiger partial charge in [0, 0.05) is 42.3 Å². The van der Waals surface area contributed by atoms with Crippen molar-refractivity contribution in [2.75, 3.05) is 31.2 Å².